The molecule has 5 aromatic carbocycles. The average Bonchev–Trinajstić information content (AvgIpc) is 1.71. The molecule has 30 heteroatoms. The number of esters is 1. The van der Waals surface area contributed by atoms with Crippen LogP contribution < -0.4 is 25.3 Å². The molecule has 17 rings (SSSR count). The van der Waals surface area contributed by atoms with Gasteiger partial charge in [0.15, 0.2) is 22.8 Å². The number of fused-ring (bicyclic) bond motifs is 6. The van der Waals surface area contributed by atoms with Gasteiger partial charge in [-0.05, 0) is 152 Å². The van der Waals surface area contributed by atoms with Crippen molar-refractivity contribution in [3.8, 4) is 12.1 Å². The van der Waals surface area contributed by atoms with E-state index in [1.165, 1.54) is 0 Å². The van der Waals surface area contributed by atoms with Crippen LogP contribution >= 0.6 is 55.1 Å². The minimum absolute atomic E-state index is 0.155. The third kappa shape index (κ3) is 15.4. The van der Waals surface area contributed by atoms with Gasteiger partial charge >= 0.3 is 5.97 Å². The Balaban J connectivity index is 0.000000126. The molecule has 5 aliphatic heterocycles. The van der Waals surface area contributed by atoms with Gasteiger partial charge in [0.25, 0.3) is 0 Å². The van der Waals surface area contributed by atoms with E-state index in [-0.39, 0.29) is 35.6 Å². The van der Waals surface area contributed by atoms with Crippen molar-refractivity contribution in [2.45, 2.75) is 116 Å². The molecule has 1 aliphatic carbocycles. The highest BCUT2D eigenvalue weighted by Gasteiger charge is 2.43. The third-order valence-electron chi connectivity index (χ3n) is 21.0. The molecule has 11 aromatic rings. The van der Waals surface area contributed by atoms with Gasteiger partial charge in [0.2, 0.25) is 0 Å². The number of nitrogens with one attached hydrogen (secondary N) is 7. The first-order valence-corrected chi connectivity index (χ1v) is 39.6. The largest absolute Gasteiger partial charge is 0.463 e. The SMILES string of the molecule is CCOC(=O)C1=C(C2CC2)Nc2[nH]ncc2C1c1cccc(C#N)c1Br.[C-]#[N+]C1=C(C)Nc2[nH]ncc2C1c1ccccc1Cl.[C-]#[N+]C1=C(CCC)N(C)c2[nH]ncc2C1c1cccc(C#N)c1Br.[C-]#[N+]C1=C(CCC)N(C)c2[nH]ncc2C1c1cccc2nonc12.[C-]#[N+]C1=C(CCC)N(C)c2[nH]ncc2C1c1ccccc1Cl. The Morgan fingerprint density at radius 1 is 0.513 bits per heavy atom. The molecule has 578 valence electrons. The number of anilines is 5. The lowest BCUT2D eigenvalue weighted by Gasteiger charge is -2.33. The van der Waals surface area contributed by atoms with Crippen molar-refractivity contribution < 1.29 is 14.2 Å². The van der Waals surface area contributed by atoms with Crippen LogP contribution in [0.25, 0.3) is 30.4 Å². The Morgan fingerprint density at radius 3 is 1.35 bits per heavy atom. The lowest BCUT2D eigenvalue weighted by atomic mass is 9.81. The number of benzene rings is 5. The standard InChI is InChI=1S/C19H17BrN4O2.C18H16BrN5.C17H17ClN4.C17H16N6O.C14H11ClN4/c1-2-26-19(25)15-14(12-5-3-4-11(8-21)16(12)20)13-9-22-24-18(13)23-17(15)10-6-7-10;1-4-6-14-17(21-2)15(13-10-22-23-18(13)24(14)3)12-8-5-7-11(9-20)16(12)19;1-4-7-14-16(19-2)15(11-8-5-6-9-13(11)18)12-10-20-21-17(12)22(14)3;1-4-6-13-16(18-2)14(11-9-19-20-17(11)23(13)3)10-7-5-8-12-15(10)22-24-21-12;1-8-13(16-2)12(9-5-3-4-6-11(9)15)10-7-17-19-14(10)18-8/h3-5,9-10,14H,2,6-7H2,1H3,(H2,22,23,24);5,7-8,10,15H,4,6H2,1,3H3,(H,22,23);5-6,8-10,15H,4,7H2,1,3H3,(H,20,21);5,7-9,14H,4,6H2,1,3H3,(H,19,20);3-7,12H,1H3,(H2,17,18,19). The highest BCUT2D eigenvalue weighted by atomic mass is 79.9. The average molecular weight is 1700 g/mol. The summed E-state index contributed by atoms with van der Waals surface area (Å²) in [7, 11) is 5.92. The molecule has 0 amide bonds. The second-order valence-electron chi connectivity index (χ2n) is 27.7. The smallest absolute Gasteiger partial charge is 0.336 e. The van der Waals surface area contributed by atoms with E-state index >= 15 is 0 Å². The van der Waals surface area contributed by atoms with Gasteiger partial charge in [-0.2, -0.15) is 36.0 Å². The number of rotatable bonds is 14. The Labute approximate surface area is 691 Å². The summed E-state index contributed by atoms with van der Waals surface area (Å²) < 4.78 is 11.7. The van der Waals surface area contributed by atoms with E-state index in [1.807, 2.05) is 134 Å². The maximum Gasteiger partial charge on any atom is 0.336 e. The first-order valence-electron chi connectivity index (χ1n) is 37.2. The van der Waals surface area contributed by atoms with Gasteiger partial charge in [0, 0.05) is 102 Å². The summed E-state index contributed by atoms with van der Waals surface area (Å²) in [4.78, 5) is 34.3. The molecule has 6 aliphatic rings. The number of hydrogen-bond donors (Lipinski definition) is 7. The number of hydrogen-bond acceptors (Lipinski definition) is 17. The number of nitriles is 2. The minimum atomic E-state index is -0.345. The molecule has 5 unspecified atom stereocenters. The van der Waals surface area contributed by atoms with Gasteiger partial charge in [-0.25, -0.2) is 28.8 Å². The molecule has 0 radical (unpaired) electrons. The number of ether oxygens (including phenoxy) is 1. The quantitative estimate of drug-likeness (QED) is 0.0393. The predicted octanol–water partition coefficient (Wildman–Crippen LogP) is 20.2. The Kier molecular flexibility index (Phi) is 24.8. The van der Waals surface area contributed by atoms with Gasteiger partial charge in [-0.15, -0.1) is 0 Å². The van der Waals surface area contributed by atoms with E-state index in [1.54, 1.807) is 50.0 Å². The Hall–Kier alpha value is -12.8. The minimum Gasteiger partial charge on any atom is -0.463 e. The Morgan fingerprint density at radius 2 is 0.904 bits per heavy atom. The first kappa shape index (κ1) is 80.3. The van der Waals surface area contributed by atoms with Crippen molar-refractivity contribution in [2.75, 3.05) is 53.1 Å². The predicted molar refractivity (Wildman–Crippen MR) is 448 cm³/mol. The monoisotopic (exact) mass is 1700 g/mol. The molecule has 1 fully saturated rings. The fourth-order valence-corrected chi connectivity index (χ4v) is 17.2. The van der Waals surface area contributed by atoms with Gasteiger partial charge < -0.3 is 30.1 Å². The summed E-state index contributed by atoms with van der Waals surface area (Å²) in [6.07, 6.45) is 16.3. The van der Waals surface area contributed by atoms with Crippen molar-refractivity contribution in [3.05, 3.63) is 322 Å². The second-order valence-corrected chi connectivity index (χ2v) is 30.1. The van der Waals surface area contributed by atoms with E-state index in [0.717, 1.165) is 175 Å². The third-order valence-corrected chi connectivity index (χ3v) is 23.4. The molecule has 0 spiro atoms. The van der Waals surface area contributed by atoms with E-state index < -0.39 is 0 Å². The summed E-state index contributed by atoms with van der Waals surface area (Å²) in [6.45, 7) is 41.0. The number of halogens is 4. The van der Waals surface area contributed by atoms with Crippen molar-refractivity contribution in [2.24, 2.45) is 5.92 Å². The van der Waals surface area contributed by atoms with Crippen LogP contribution in [0, 0.1) is 54.9 Å². The highest BCUT2D eigenvalue weighted by Crippen LogP contribution is 2.53. The summed E-state index contributed by atoms with van der Waals surface area (Å²) in [5.41, 5.74) is 20.0. The van der Waals surface area contributed by atoms with Gasteiger partial charge in [-0.3, -0.25) is 25.5 Å². The zero-order valence-electron chi connectivity index (χ0n) is 63.9. The topological polar surface area (TPSA) is 307 Å². The maximum absolute atomic E-state index is 12.9. The zero-order valence-corrected chi connectivity index (χ0v) is 68.6. The molecule has 0 saturated heterocycles. The van der Waals surface area contributed by atoms with Crippen molar-refractivity contribution >= 4 is 101 Å². The van der Waals surface area contributed by atoms with E-state index in [4.69, 9.17) is 58.9 Å². The molecule has 5 atom stereocenters. The fraction of sp³-hybridized carbons (Fsp3) is 0.271. The molecular formula is C85H77Br2Cl2N23O3. The van der Waals surface area contributed by atoms with Crippen molar-refractivity contribution in [3.63, 3.8) is 0 Å². The molecule has 7 N–H and O–H groups in total. The molecular weight excluding hydrogens is 1620 g/mol. The molecule has 11 heterocycles. The van der Waals surface area contributed by atoms with Crippen molar-refractivity contribution in [1.29, 1.82) is 10.5 Å². The number of H-pyrrole nitrogens is 5. The van der Waals surface area contributed by atoms with Gasteiger partial charge in [0.05, 0.1) is 104 Å². The summed E-state index contributed by atoms with van der Waals surface area (Å²) in [5.74, 6) is 3.28. The van der Waals surface area contributed by atoms with Gasteiger partial charge in [-0.1, -0.05) is 136 Å². The molecule has 6 aromatic heterocycles. The normalized spacial score (nSPS) is 17.5. The molecule has 0 bridgehead atoms. The summed E-state index contributed by atoms with van der Waals surface area (Å²) in [5, 5.41) is 70.4. The molecule has 26 nitrogen and oxygen atoms in total. The van der Waals surface area contributed by atoms with Crippen LogP contribution in [0.5, 0.6) is 0 Å². The maximum atomic E-state index is 12.9. The molecule has 1 saturated carbocycles. The van der Waals surface area contributed by atoms with Crippen molar-refractivity contribution in [1.82, 2.24) is 61.3 Å². The van der Waals surface area contributed by atoms with Crippen LogP contribution in [-0.2, 0) is 9.53 Å². The van der Waals surface area contributed by atoms with Crippen LogP contribution in [0.3, 0.4) is 0 Å². The fourth-order valence-electron chi connectivity index (χ4n) is 15.6. The lowest BCUT2D eigenvalue weighted by molar-refractivity contribution is -0.138. The first-order chi connectivity index (χ1) is 55.9. The lowest BCUT2D eigenvalue weighted by Crippen LogP contribution is -2.26. The van der Waals surface area contributed by atoms with Crippen LogP contribution in [0.4, 0.5) is 29.1 Å². The van der Waals surface area contributed by atoms with E-state index in [2.05, 4.69) is 156 Å². The van der Waals surface area contributed by atoms with E-state index in [9.17, 15) is 15.3 Å². The number of aromatic amines is 5. The summed E-state index contributed by atoms with van der Waals surface area (Å²) in [6, 6.07) is 36.6. The number of carbonyl (C=O) groups excluding carboxylic acids is 1. The van der Waals surface area contributed by atoms with Gasteiger partial charge in [0.1, 0.15) is 52.3 Å². The van der Waals surface area contributed by atoms with Crippen LogP contribution in [0.2, 0.25) is 10.0 Å². The number of aromatic nitrogens is 12. The van der Waals surface area contributed by atoms with Crippen LogP contribution in [0.15, 0.2) is 205 Å². The second kappa shape index (κ2) is 35.5. The van der Waals surface area contributed by atoms with Crippen LogP contribution in [-0.4, -0.2) is 95.0 Å². The number of nitrogens with zero attached hydrogens (tertiary/aromatic N) is 16. The number of carbonyl (C=O) groups is 1. The summed E-state index contributed by atoms with van der Waals surface area (Å²) >= 11 is 19.8. The number of allylic oxidation sites excluding steroid dienone is 9. The van der Waals surface area contributed by atoms with Crippen LogP contribution in [0.1, 0.15) is 182 Å². The molecule has 115 heavy (non-hydrogen) atoms. The Bertz CT molecular complexity index is 5980. The van der Waals surface area contributed by atoms with E-state index in [0.29, 0.717) is 71.9 Å². The zero-order chi connectivity index (χ0) is 81.3. The highest BCUT2D eigenvalue weighted by molar-refractivity contribution is 9.11.